The first-order valence-corrected chi connectivity index (χ1v) is 9.45. The van der Waals surface area contributed by atoms with Gasteiger partial charge in [0.05, 0.1) is 0 Å². The summed E-state index contributed by atoms with van der Waals surface area (Å²) in [7, 11) is 0. The maximum absolute atomic E-state index is 12.8. The number of nitrogens with zero attached hydrogens (tertiary/aromatic N) is 3. The van der Waals surface area contributed by atoms with Crippen molar-refractivity contribution in [3.05, 3.63) is 72.2 Å². The fourth-order valence-corrected chi connectivity index (χ4v) is 3.67. The number of amides is 1. The first-order valence-electron chi connectivity index (χ1n) is 9.45. The lowest BCUT2D eigenvalue weighted by Crippen LogP contribution is -2.38. The van der Waals surface area contributed by atoms with Crippen molar-refractivity contribution >= 4 is 17.0 Å². The third kappa shape index (κ3) is 3.07. The fraction of sp³-hybridized carbons (Fsp3) is 0.227. The standard InChI is InChI=1S/C22H19N3O3/c26-22(18-14-20(28-24-18)15-6-2-1-3-7-15)25-12-10-16(11-13-25)21-23-17-8-4-5-9-19(17)27-21/h1-9,14,16H,10-13H2. The summed E-state index contributed by atoms with van der Waals surface area (Å²) >= 11 is 0. The minimum atomic E-state index is -0.0954. The first kappa shape index (κ1) is 16.7. The molecular weight excluding hydrogens is 354 g/mol. The summed E-state index contributed by atoms with van der Waals surface area (Å²) in [5.74, 6) is 1.50. The molecule has 28 heavy (non-hydrogen) atoms. The number of likely N-dealkylation sites (tertiary alicyclic amines) is 1. The van der Waals surface area contributed by atoms with Crippen LogP contribution in [0, 0.1) is 0 Å². The second-order valence-electron chi connectivity index (χ2n) is 7.03. The molecule has 0 radical (unpaired) electrons. The Labute approximate surface area is 161 Å². The van der Waals surface area contributed by atoms with E-state index in [4.69, 9.17) is 8.94 Å². The number of piperidine rings is 1. The van der Waals surface area contributed by atoms with Crippen LogP contribution in [-0.4, -0.2) is 34.0 Å². The lowest BCUT2D eigenvalue weighted by molar-refractivity contribution is 0.0696. The fourth-order valence-electron chi connectivity index (χ4n) is 3.67. The Hall–Kier alpha value is -3.41. The van der Waals surface area contributed by atoms with Crippen LogP contribution >= 0.6 is 0 Å². The highest BCUT2D eigenvalue weighted by Crippen LogP contribution is 2.30. The molecular formula is C22H19N3O3. The van der Waals surface area contributed by atoms with Crippen LogP contribution in [0.4, 0.5) is 0 Å². The highest BCUT2D eigenvalue weighted by Gasteiger charge is 2.29. The van der Waals surface area contributed by atoms with Gasteiger partial charge in [0.1, 0.15) is 5.52 Å². The van der Waals surface area contributed by atoms with Crippen LogP contribution in [0.2, 0.25) is 0 Å². The molecule has 5 rings (SSSR count). The quantitative estimate of drug-likeness (QED) is 0.529. The van der Waals surface area contributed by atoms with Gasteiger partial charge in [0.25, 0.3) is 5.91 Å². The molecule has 0 spiro atoms. The average Bonchev–Trinajstić information content (AvgIpc) is 3.41. The molecule has 1 fully saturated rings. The van der Waals surface area contributed by atoms with Gasteiger partial charge in [0.2, 0.25) is 0 Å². The maximum Gasteiger partial charge on any atom is 0.276 e. The zero-order valence-electron chi connectivity index (χ0n) is 15.2. The van der Waals surface area contributed by atoms with E-state index in [1.54, 1.807) is 6.07 Å². The summed E-state index contributed by atoms with van der Waals surface area (Å²) in [5, 5.41) is 3.98. The molecule has 6 heteroatoms. The van der Waals surface area contributed by atoms with Gasteiger partial charge >= 0.3 is 0 Å². The van der Waals surface area contributed by atoms with Gasteiger partial charge in [-0.25, -0.2) is 4.98 Å². The SMILES string of the molecule is O=C(c1cc(-c2ccccc2)on1)N1CCC(c2nc3ccccc3o2)CC1. The number of benzene rings is 2. The van der Waals surface area contributed by atoms with E-state index in [0.29, 0.717) is 24.5 Å². The number of hydrogen-bond acceptors (Lipinski definition) is 5. The van der Waals surface area contributed by atoms with E-state index in [-0.39, 0.29) is 11.8 Å². The molecule has 0 unspecified atom stereocenters. The molecule has 2 aromatic carbocycles. The molecule has 0 saturated carbocycles. The van der Waals surface area contributed by atoms with E-state index in [2.05, 4.69) is 10.1 Å². The second-order valence-corrected chi connectivity index (χ2v) is 7.03. The average molecular weight is 373 g/mol. The smallest absolute Gasteiger partial charge is 0.276 e. The molecule has 140 valence electrons. The molecule has 1 saturated heterocycles. The summed E-state index contributed by atoms with van der Waals surface area (Å²) in [6.45, 7) is 1.30. The highest BCUT2D eigenvalue weighted by atomic mass is 16.5. The molecule has 0 bridgehead atoms. The normalized spacial score (nSPS) is 15.2. The molecule has 3 heterocycles. The van der Waals surface area contributed by atoms with E-state index in [1.807, 2.05) is 59.5 Å². The number of fused-ring (bicyclic) bond motifs is 1. The molecule has 1 aliphatic heterocycles. The number of aromatic nitrogens is 2. The molecule has 1 amide bonds. The monoisotopic (exact) mass is 373 g/mol. The van der Waals surface area contributed by atoms with Crippen molar-refractivity contribution in [2.75, 3.05) is 13.1 Å². The van der Waals surface area contributed by atoms with Gasteiger partial charge in [-0.05, 0) is 25.0 Å². The summed E-state index contributed by atoms with van der Waals surface area (Å²) in [6, 6.07) is 19.2. The maximum atomic E-state index is 12.8. The summed E-state index contributed by atoms with van der Waals surface area (Å²) in [6.07, 6.45) is 1.64. The third-order valence-electron chi connectivity index (χ3n) is 5.23. The van der Waals surface area contributed by atoms with Crippen molar-refractivity contribution in [2.24, 2.45) is 0 Å². The van der Waals surface area contributed by atoms with Crippen molar-refractivity contribution in [2.45, 2.75) is 18.8 Å². The summed E-state index contributed by atoms with van der Waals surface area (Å²) in [5.41, 5.74) is 2.95. The van der Waals surface area contributed by atoms with E-state index in [1.165, 1.54) is 0 Å². The zero-order valence-corrected chi connectivity index (χ0v) is 15.2. The number of para-hydroxylation sites is 2. The minimum Gasteiger partial charge on any atom is -0.440 e. The van der Waals surface area contributed by atoms with Gasteiger partial charge in [-0.1, -0.05) is 47.6 Å². The Kier molecular flexibility index (Phi) is 4.16. The molecule has 1 aliphatic rings. The molecule has 0 atom stereocenters. The van der Waals surface area contributed by atoms with E-state index in [0.717, 1.165) is 35.4 Å². The van der Waals surface area contributed by atoms with Crippen molar-refractivity contribution < 1.29 is 13.7 Å². The van der Waals surface area contributed by atoms with Gasteiger partial charge in [-0.2, -0.15) is 0 Å². The van der Waals surface area contributed by atoms with Crippen molar-refractivity contribution in [3.63, 3.8) is 0 Å². The zero-order chi connectivity index (χ0) is 18.9. The molecule has 4 aromatic rings. The Morgan fingerprint density at radius 3 is 2.54 bits per heavy atom. The summed E-state index contributed by atoms with van der Waals surface area (Å²) < 4.78 is 11.3. The van der Waals surface area contributed by atoms with Crippen molar-refractivity contribution in [1.82, 2.24) is 15.0 Å². The molecule has 0 aliphatic carbocycles. The lowest BCUT2D eigenvalue weighted by atomic mass is 9.96. The lowest BCUT2D eigenvalue weighted by Gasteiger charge is -2.29. The molecule has 6 nitrogen and oxygen atoms in total. The van der Waals surface area contributed by atoms with Gasteiger partial charge in [-0.3, -0.25) is 4.79 Å². The number of oxazole rings is 1. The van der Waals surface area contributed by atoms with E-state index < -0.39 is 0 Å². The molecule has 0 N–H and O–H groups in total. The predicted octanol–water partition coefficient (Wildman–Crippen LogP) is 4.50. The Morgan fingerprint density at radius 1 is 1.00 bits per heavy atom. The van der Waals surface area contributed by atoms with Gasteiger partial charge in [0, 0.05) is 30.6 Å². The number of carbonyl (C=O) groups excluding carboxylic acids is 1. The van der Waals surface area contributed by atoms with Crippen LogP contribution in [0.25, 0.3) is 22.4 Å². The number of hydrogen-bond donors (Lipinski definition) is 0. The van der Waals surface area contributed by atoms with Crippen LogP contribution < -0.4 is 0 Å². The van der Waals surface area contributed by atoms with Crippen LogP contribution in [0.5, 0.6) is 0 Å². The van der Waals surface area contributed by atoms with E-state index >= 15 is 0 Å². The van der Waals surface area contributed by atoms with Gasteiger partial charge in [-0.15, -0.1) is 0 Å². The predicted molar refractivity (Wildman–Crippen MR) is 104 cm³/mol. The third-order valence-corrected chi connectivity index (χ3v) is 5.23. The van der Waals surface area contributed by atoms with Gasteiger partial charge in [0.15, 0.2) is 22.9 Å². The largest absolute Gasteiger partial charge is 0.440 e. The van der Waals surface area contributed by atoms with Crippen molar-refractivity contribution in [3.8, 4) is 11.3 Å². The van der Waals surface area contributed by atoms with Gasteiger partial charge < -0.3 is 13.8 Å². The topological polar surface area (TPSA) is 72.4 Å². The van der Waals surface area contributed by atoms with E-state index in [9.17, 15) is 4.79 Å². The van der Waals surface area contributed by atoms with Crippen LogP contribution in [0.15, 0.2) is 69.6 Å². The van der Waals surface area contributed by atoms with Crippen LogP contribution in [0.3, 0.4) is 0 Å². The number of carbonyl (C=O) groups is 1. The highest BCUT2D eigenvalue weighted by molar-refractivity contribution is 5.93. The Bertz CT molecular complexity index is 1080. The minimum absolute atomic E-state index is 0.0954. The Balaban J connectivity index is 1.26. The number of rotatable bonds is 3. The Morgan fingerprint density at radius 2 is 1.75 bits per heavy atom. The summed E-state index contributed by atoms with van der Waals surface area (Å²) in [4.78, 5) is 19.2. The first-order chi connectivity index (χ1) is 13.8. The van der Waals surface area contributed by atoms with Crippen LogP contribution in [0.1, 0.15) is 35.1 Å². The second kappa shape index (κ2) is 6.96. The van der Waals surface area contributed by atoms with Crippen molar-refractivity contribution in [1.29, 1.82) is 0 Å². The molecule has 2 aromatic heterocycles. The van der Waals surface area contributed by atoms with Crippen LogP contribution in [-0.2, 0) is 0 Å².